The van der Waals surface area contributed by atoms with E-state index in [2.05, 4.69) is 12.5 Å². The van der Waals surface area contributed by atoms with E-state index in [1.807, 2.05) is 0 Å². The maximum atomic E-state index is 9.44. The van der Waals surface area contributed by atoms with Crippen molar-refractivity contribution in [1.29, 1.82) is 0 Å². The molecule has 0 aliphatic rings. The van der Waals surface area contributed by atoms with Crippen molar-refractivity contribution in [2.75, 3.05) is 0 Å². The highest BCUT2D eigenvalue weighted by Crippen LogP contribution is 1.81. The Morgan fingerprint density at radius 1 is 1.86 bits per heavy atom. The summed E-state index contributed by atoms with van der Waals surface area (Å²) in [4.78, 5) is 9.44. The van der Waals surface area contributed by atoms with Gasteiger partial charge in [0.05, 0.1) is 0 Å². The third kappa shape index (κ3) is 2.55. The second kappa shape index (κ2) is 2.96. The van der Waals surface area contributed by atoms with Gasteiger partial charge in [0.2, 0.25) is 0 Å². The molecular formula is C6H4O. The van der Waals surface area contributed by atoms with Gasteiger partial charge in [0.1, 0.15) is 5.94 Å². The lowest BCUT2D eigenvalue weighted by molar-refractivity contribution is 0.569. The Kier molecular flexibility index (Phi) is 2.43. The Bertz CT molecular complexity index is 154. The SMILES string of the molecule is C#CC(=C)C=C=O. The number of rotatable bonds is 1. The van der Waals surface area contributed by atoms with Gasteiger partial charge >= 0.3 is 0 Å². The van der Waals surface area contributed by atoms with Crippen LogP contribution in [-0.2, 0) is 4.79 Å². The molecule has 0 heterocycles. The first-order chi connectivity index (χ1) is 3.31. The van der Waals surface area contributed by atoms with Crippen LogP contribution < -0.4 is 0 Å². The van der Waals surface area contributed by atoms with Crippen molar-refractivity contribution in [1.82, 2.24) is 0 Å². The van der Waals surface area contributed by atoms with Crippen molar-refractivity contribution in [3.63, 3.8) is 0 Å². The van der Waals surface area contributed by atoms with Gasteiger partial charge in [-0.2, -0.15) is 0 Å². The normalized spacial score (nSPS) is 5.57. The van der Waals surface area contributed by atoms with E-state index < -0.39 is 0 Å². The van der Waals surface area contributed by atoms with Gasteiger partial charge in [-0.3, -0.25) is 0 Å². The molecule has 1 heteroatoms. The van der Waals surface area contributed by atoms with Crippen LogP contribution in [0.25, 0.3) is 0 Å². The maximum absolute atomic E-state index is 9.44. The Morgan fingerprint density at radius 3 is 2.57 bits per heavy atom. The van der Waals surface area contributed by atoms with Crippen molar-refractivity contribution in [2.24, 2.45) is 0 Å². The zero-order valence-corrected chi connectivity index (χ0v) is 3.77. The third-order valence-corrected chi connectivity index (χ3v) is 0.419. The minimum atomic E-state index is 0.356. The quantitative estimate of drug-likeness (QED) is 0.262. The van der Waals surface area contributed by atoms with Gasteiger partial charge in [0.15, 0.2) is 0 Å². The first-order valence-corrected chi connectivity index (χ1v) is 1.67. The summed E-state index contributed by atoms with van der Waals surface area (Å²) < 4.78 is 0. The molecule has 0 aliphatic heterocycles. The molecule has 34 valence electrons. The average molecular weight is 92.1 g/mol. The fourth-order valence-corrected chi connectivity index (χ4v) is 0.113. The molecule has 0 unspecified atom stereocenters. The molecule has 0 N–H and O–H groups in total. The minimum Gasteiger partial charge on any atom is -0.233 e. The third-order valence-electron chi connectivity index (χ3n) is 0.419. The van der Waals surface area contributed by atoms with Crippen molar-refractivity contribution in [3.8, 4) is 12.3 Å². The molecule has 0 aromatic carbocycles. The van der Waals surface area contributed by atoms with Crippen molar-refractivity contribution < 1.29 is 4.79 Å². The van der Waals surface area contributed by atoms with E-state index in [9.17, 15) is 4.79 Å². The van der Waals surface area contributed by atoms with E-state index in [0.717, 1.165) is 6.08 Å². The van der Waals surface area contributed by atoms with Crippen LogP contribution in [-0.4, -0.2) is 5.94 Å². The second-order valence-electron chi connectivity index (χ2n) is 0.932. The Labute approximate surface area is 42.3 Å². The Morgan fingerprint density at radius 2 is 2.43 bits per heavy atom. The van der Waals surface area contributed by atoms with Gasteiger partial charge in [0, 0.05) is 11.6 Å². The van der Waals surface area contributed by atoms with E-state index in [1.54, 1.807) is 0 Å². The highest BCUT2D eigenvalue weighted by Gasteiger charge is 1.71. The highest BCUT2D eigenvalue weighted by atomic mass is 16.1. The lowest BCUT2D eigenvalue weighted by Crippen LogP contribution is -1.62. The van der Waals surface area contributed by atoms with Crippen molar-refractivity contribution >= 4 is 5.94 Å². The standard InChI is InChI=1S/C6H4O/c1-3-6(2)4-5-7/h1,4H,2H2. The van der Waals surface area contributed by atoms with Gasteiger partial charge in [-0.05, 0) is 0 Å². The number of carbonyl (C=O) groups excluding carboxylic acids is 1. The molecule has 0 aromatic rings. The summed E-state index contributed by atoms with van der Waals surface area (Å²) in [5.74, 6) is 3.65. The predicted octanol–water partition coefficient (Wildman–Crippen LogP) is 0.564. The molecule has 0 saturated heterocycles. The number of hydrogen-bond donors (Lipinski definition) is 0. The zero-order chi connectivity index (χ0) is 5.70. The summed E-state index contributed by atoms with van der Waals surface area (Å²) in [5, 5.41) is 0. The predicted molar refractivity (Wildman–Crippen MR) is 28.2 cm³/mol. The average Bonchev–Trinajstić information content (AvgIpc) is 1.68. The van der Waals surface area contributed by atoms with Gasteiger partial charge in [-0.15, -0.1) is 6.42 Å². The van der Waals surface area contributed by atoms with E-state index in [-0.39, 0.29) is 0 Å². The smallest absolute Gasteiger partial charge is 0.125 e. The minimum absolute atomic E-state index is 0.356. The van der Waals surface area contributed by atoms with Crippen LogP contribution in [0.5, 0.6) is 0 Å². The van der Waals surface area contributed by atoms with Crippen LogP contribution in [0.1, 0.15) is 0 Å². The summed E-state index contributed by atoms with van der Waals surface area (Å²) in [6.07, 6.45) is 5.91. The molecule has 0 fully saturated rings. The molecule has 0 radical (unpaired) electrons. The van der Waals surface area contributed by atoms with Crippen molar-refractivity contribution in [3.05, 3.63) is 18.2 Å². The number of hydrogen-bond acceptors (Lipinski definition) is 1. The summed E-state index contributed by atoms with van der Waals surface area (Å²) in [5.41, 5.74) is 0.356. The maximum Gasteiger partial charge on any atom is 0.125 e. The van der Waals surface area contributed by atoms with Gasteiger partial charge < -0.3 is 0 Å². The molecule has 0 amide bonds. The van der Waals surface area contributed by atoms with Crippen LogP contribution in [0.2, 0.25) is 0 Å². The molecule has 0 bridgehead atoms. The van der Waals surface area contributed by atoms with E-state index in [0.29, 0.717) is 5.57 Å². The van der Waals surface area contributed by atoms with Crippen LogP contribution >= 0.6 is 0 Å². The summed E-state index contributed by atoms with van der Waals surface area (Å²) in [6.45, 7) is 3.31. The lowest BCUT2D eigenvalue weighted by Gasteiger charge is -1.70. The Hall–Kier alpha value is -1.25. The van der Waals surface area contributed by atoms with Crippen LogP contribution in [0.4, 0.5) is 0 Å². The van der Waals surface area contributed by atoms with Crippen LogP contribution in [0.15, 0.2) is 18.2 Å². The molecular weight excluding hydrogens is 88.1 g/mol. The Balaban J connectivity index is 3.91. The van der Waals surface area contributed by atoms with E-state index in [1.165, 1.54) is 5.94 Å². The lowest BCUT2D eigenvalue weighted by atomic mass is 10.3. The van der Waals surface area contributed by atoms with Crippen LogP contribution in [0.3, 0.4) is 0 Å². The molecule has 7 heavy (non-hydrogen) atoms. The first kappa shape index (κ1) is 5.75. The molecule has 0 saturated carbocycles. The van der Waals surface area contributed by atoms with Gasteiger partial charge in [-0.25, -0.2) is 4.79 Å². The molecule has 0 spiro atoms. The van der Waals surface area contributed by atoms with Gasteiger partial charge in [-0.1, -0.05) is 12.5 Å². The molecule has 1 nitrogen and oxygen atoms in total. The summed E-state index contributed by atoms with van der Waals surface area (Å²) >= 11 is 0. The summed E-state index contributed by atoms with van der Waals surface area (Å²) in [7, 11) is 0. The monoisotopic (exact) mass is 92.0 g/mol. The topological polar surface area (TPSA) is 17.1 Å². The number of allylic oxidation sites excluding steroid dienone is 2. The second-order valence-corrected chi connectivity index (χ2v) is 0.932. The molecule has 0 aromatic heterocycles. The van der Waals surface area contributed by atoms with Crippen LogP contribution in [0, 0.1) is 12.3 Å². The highest BCUT2D eigenvalue weighted by molar-refractivity contribution is 5.55. The molecule has 0 atom stereocenters. The largest absolute Gasteiger partial charge is 0.233 e. The zero-order valence-electron chi connectivity index (χ0n) is 3.77. The first-order valence-electron chi connectivity index (χ1n) is 1.67. The van der Waals surface area contributed by atoms with E-state index >= 15 is 0 Å². The fourth-order valence-electron chi connectivity index (χ4n) is 0.113. The van der Waals surface area contributed by atoms with Crippen molar-refractivity contribution in [2.45, 2.75) is 0 Å². The molecule has 0 rings (SSSR count). The number of terminal acetylenes is 1. The van der Waals surface area contributed by atoms with Gasteiger partial charge in [0.25, 0.3) is 0 Å². The van der Waals surface area contributed by atoms with E-state index in [4.69, 9.17) is 6.42 Å². The summed E-state index contributed by atoms with van der Waals surface area (Å²) in [6, 6.07) is 0. The fraction of sp³-hybridized carbons (Fsp3) is 0. The molecule has 0 aliphatic carbocycles.